The molecule has 1 amide bonds. The molecule has 1 aromatic heterocycles. The van der Waals surface area contributed by atoms with Gasteiger partial charge in [-0.05, 0) is 36.4 Å². The van der Waals surface area contributed by atoms with Gasteiger partial charge in [-0.15, -0.1) is 13.2 Å². The smallest absolute Gasteiger partial charge is 0.452 e. The molecule has 0 saturated carbocycles. The first-order valence-corrected chi connectivity index (χ1v) is 7.05. The molecule has 0 aliphatic carbocycles. The van der Waals surface area contributed by atoms with E-state index in [-0.39, 0.29) is 11.4 Å². The van der Waals surface area contributed by atoms with E-state index in [2.05, 4.69) is 15.0 Å². The summed E-state index contributed by atoms with van der Waals surface area (Å²) in [7, 11) is 0. The van der Waals surface area contributed by atoms with Crippen molar-refractivity contribution in [1.82, 2.24) is 4.98 Å². The third kappa shape index (κ3) is 6.30. The number of amides is 1. The minimum atomic E-state index is -4.82. The first-order valence-electron chi connectivity index (χ1n) is 6.67. The number of carbonyl (C=O) groups is 2. The fraction of sp³-hybridized carbons (Fsp3) is 0.133. The number of carbonyl (C=O) groups excluding carboxylic acids is 2. The third-order valence-corrected chi connectivity index (χ3v) is 2.88. The van der Waals surface area contributed by atoms with Gasteiger partial charge in [0.15, 0.2) is 6.61 Å². The van der Waals surface area contributed by atoms with Crippen LogP contribution in [0.1, 0.15) is 10.4 Å². The van der Waals surface area contributed by atoms with Crippen LogP contribution >= 0.6 is 11.6 Å². The van der Waals surface area contributed by atoms with E-state index in [1.807, 2.05) is 0 Å². The molecule has 2 rings (SSSR count). The number of hydrogen-bond acceptors (Lipinski definition) is 5. The predicted molar refractivity (Wildman–Crippen MR) is 81.3 cm³/mol. The number of hydrogen-bond donors (Lipinski definition) is 1. The highest BCUT2D eigenvalue weighted by Gasteiger charge is 2.31. The van der Waals surface area contributed by atoms with Crippen molar-refractivity contribution in [2.45, 2.75) is 6.36 Å². The normalized spacial score (nSPS) is 10.9. The lowest BCUT2D eigenvalue weighted by Crippen LogP contribution is -2.21. The van der Waals surface area contributed by atoms with Crippen LogP contribution in [0.4, 0.5) is 19.0 Å². The fourth-order valence-electron chi connectivity index (χ4n) is 1.64. The highest BCUT2D eigenvalue weighted by molar-refractivity contribution is 6.30. The summed E-state index contributed by atoms with van der Waals surface area (Å²) >= 11 is 5.65. The molecule has 10 heteroatoms. The first-order chi connectivity index (χ1) is 11.7. The molecule has 25 heavy (non-hydrogen) atoms. The quantitative estimate of drug-likeness (QED) is 0.811. The van der Waals surface area contributed by atoms with E-state index >= 15 is 0 Å². The van der Waals surface area contributed by atoms with E-state index in [1.54, 1.807) is 0 Å². The van der Waals surface area contributed by atoms with Crippen LogP contribution in [0.25, 0.3) is 0 Å². The Balaban J connectivity index is 1.85. The van der Waals surface area contributed by atoms with Gasteiger partial charge in [-0.3, -0.25) is 4.79 Å². The minimum Gasteiger partial charge on any atom is -0.452 e. The maximum absolute atomic E-state index is 12.0. The molecule has 0 atom stereocenters. The molecule has 1 N–H and O–H groups in total. The maximum atomic E-state index is 12.0. The van der Waals surface area contributed by atoms with Gasteiger partial charge in [0.05, 0.1) is 10.6 Å². The molecule has 1 heterocycles. The number of anilines is 1. The number of esters is 1. The second-order valence-corrected chi connectivity index (χ2v) is 4.99. The predicted octanol–water partition coefficient (Wildman–Crippen LogP) is 3.43. The fourth-order valence-corrected chi connectivity index (χ4v) is 1.75. The van der Waals surface area contributed by atoms with E-state index < -0.39 is 30.6 Å². The summed E-state index contributed by atoms with van der Waals surface area (Å²) in [6.07, 6.45) is -3.50. The molecule has 0 radical (unpaired) electrons. The molecule has 6 nitrogen and oxygen atoms in total. The van der Waals surface area contributed by atoms with Crippen molar-refractivity contribution in [1.29, 1.82) is 0 Å². The van der Waals surface area contributed by atoms with Gasteiger partial charge >= 0.3 is 12.3 Å². The summed E-state index contributed by atoms with van der Waals surface area (Å²) in [5, 5.41) is 2.77. The molecule has 132 valence electrons. The van der Waals surface area contributed by atoms with Crippen LogP contribution in [-0.4, -0.2) is 29.8 Å². The lowest BCUT2D eigenvalue weighted by Gasteiger charge is -2.09. The average Bonchev–Trinajstić information content (AvgIpc) is 2.54. The molecule has 0 bridgehead atoms. The zero-order valence-corrected chi connectivity index (χ0v) is 13.1. The second-order valence-electron chi connectivity index (χ2n) is 4.56. The maximum Gasteiger partial charge on any atom is 0.573 e. The monoisotopic (exact) mass is 374 g/mol. The lowest BCUT2D eigenvalue weighted by molar-refractivity contribution is -0.274. The Morgan fingerprint density at radius 1 is 1.12 bits per heavy atom. The first kappa shape index (κ1) is 18.5. The van der Waals surface area contributed by atoms with Gasteiger partial charge in [-0.1, -0.05) is 11.6 Å². The number of nitrogens with zero attached hydrogens (tertiary/aromatic N) is 1. The number of aromatic nitrogens is 1. The Morgan fingerprint density at radius 2 is 1.80 bits per heavy atom. The topological polar surface area (TPSA) is 77.5 Å². The Kier molecular flexibility index (Phi) is 5.81. The van der Waals surface area contributed by atoms with Crippen LogP contribution in [0, 0.1) is 0 Å². The van der Waals surface area contributed by atoms with Gasteiger partial charge in [0.2, 0.25) is 0 Å². The summed E-state index contributed by atoms with van der Waals surface area (Å²) in [5.74, 6) is -1.77. The van der Waals surface area contributed by atoms with Crippen molar-refractivity contribution >= 4 is 29.3 Å². The largest absolute Gasteiger partial charge is 0.573 e. The van der Waals surface area contributed by atoms with Crippen LogP contribution in [-0.2, 0) is 9.53 Å². The summed E-state index contributed by atoms with van der Waals surface area (Å²) in [4.78, 5) is 27.2. The molecule has 0 unspecified atom stereocenters. The Hall–Kier alpha value is -2.81. The molecule has 0 fully saturated rings. The number of nitrogens with one attached hydrogen (secondary N) is 1. The van der Waals surface area contributed by atoms with Gasteiger partial charge in [-0.25, -0.2) is 9.78 Å². The van der Waals surface area contributed by atoms with E-state index in [0.717, 1.165) is 24.3 Å². The van der Waals surface area contributed by atoms with E-state index in [1.165, 1.54) is 18.3 Å². The zero-order valence-electron chi connectivity index (χ0n) is 12.3. The van der Waals surface area contributed by atoms with Gasteiger partial charge in [-0.2, -0.15) is 0 Å². The molecule has 0 saturated heterocycles. The van der Waals surface area contributed by atoms with Crippen LogP contribution in [0.5, 0.6) is 5.75 Å². The molecular formula is C15H10ClF3N2O4. The van der Waals surface area contributed by atoms with Crippen molar-refractivity contribution in [3.8, 4) is 5.75 Å². The number of pyridine rings is 1. The average molecular weight is 375 g/mol. The second kappa shape index (κ2) is 7.84. The number of benzene rings is 1. The summed E-state index contributed by atoms with van der Waals surface area (Å²) in [5.41, 5.74) is -0.0352. The van der Waals surface area contributed by atoms with Crippen LogP contribution in [0.15, 0.2) is 42.6 Å². The van der Waals surface area contributed by atoms with E-state index in [9.17, 15) is 22.8 Å². The Morgan fingerprint density at radius 3 is 2.36 bits per heavy atom. The SMILES string of the molecule is O=C(COC(=O)c1ccc(OC(F)(F)F)cc1)Nc1ccc(Cl)cn1. The highest BCUT2D eigenvalue weighted by Crippen LogP contribution is 2.22. The summed E-state index contributed by atoms with van der Waals surface area (Å²) in [6, 6.07) is 7.07. The van der Waals surface area contributed by atoms with Crippen LogP contribution in [0.2, 0.25) is 5.02 Å². The van der Waals surface area contributed by atoms with Crippen molar-refractivity contribution in [2.75, 3.05) is 11.9 Å². The standard InChI is InChI=1S/C15H10ClF3N2O4/c16-10-3-6-12(20-7-10)21-13(22)8-24-14(23)9-1-4-11(5-2-9)25-15(17,18)19/h1-7H,8H2,(H,20,21,22). The summed E-state index contributed by atoms with van der Waals surface area (Å²) < 4.78 is 44.6. The Bertz CT molecular complexity index is 749. The molecule has 2 aromatic rings. The number of ether oxygens (including phenoxy) is 2. The van der Waals surface area contributed by atoms with Gasteiger partial charge in [0.25, 0.3) is 5.91 Å². The van der Waals surface area contributed by atoms with Gasteiger partial charge < -0.3 is 14.8 Å². The molecule has 0 aliphatic rings. The number of alkyl halides is 3. The van der Waals surface area contributed by atoms with Crippen molar-refractivity contribution in [2.24, 2.45) is 0 Å². The molecule has 0 spiro atoms. The zero-order chi connectivity index (χ0) is 18.4. The van der Waals surface area contributed by atoms with Crippen molar-refractivity contribution in [3.63, 3.8) is 0 Å². The Labute approximate surface area is 144 Å². The van der Waals surface area contributed by atoms with Crippen LogP contribution in [0.3, 0.4) is 0 Å². The van der Waals surface area contributed by atoms with E-state index in [4.69, 9.17) is 16.3 Å². The third-order valence-electron chi connectivity index (χ3n) is 2.65. The highest BCUT2D eigenvalue weighted by atomic mass is 35.5. The number of halogens is 4. The van der Waals surface area contributed by atoms with Gasteiger partial charge in [0, 0.05) is 6.20 Å². The van der Waals surface area contributed by atoms with Gasteiger partial charge in [0.1, 0.15) is 11.6 Å². The molecule has 1 aromatic carbocycles. The van der Waals surface area contributed by atoms with Crippen molar-refractivity contribution in [3.05, 3.63) is 53.2 Å². The van der Waals surface area contributed by atoms with E-state index in [0.29, 0.717) is 5.02 Å². The number of rotatable bonds is 5. The lowest BCUT2D eigenvalue weighted by atomic mass is 10.2. The molecular weight excluding hydrogens is 365 g/mol. The van der Waals surface area contributed by atoms with Crippen molar-refractivity contribution < 1.29 is 32.2 Å². The molecule has 0 aliphatic heterocycles. The minimum absolute atomic E-state index is 0.0352. The summed E-state index contributed by atoms with van der Waals surface area (Å²) in [6.45, 7) is -0.593. The van der Waals surface area contributed by atoms with Crippen LogP contribution < -0.4 is 10.1 Å².